The van der Waals surface area contributed by atoms with E-state index in [1.54, 1.807) is 4.90 Å². The molecule has 1 aliphatic heterocycles. The SMILES string of the molecule is CC(C)N1CCN(C(=O)CCNS(=O)(=O)c2ccc(Cl)c(C(F)(F)F)c2)CC1. The second kappa shape index (κ2) is 8.98. The number of carbonyl (C=O) groups excluding carboxylic acids is 1. The van der Waals surface area contributed by atoms with Gasteiger partial charge in [-0.1, -0.05) is 11.6 Å². The van der Waals surface area contributed by atoms with Crippen molar-refractivity contribution in [3.8, 4) is 0 Å². The highest BCUT2D eigenvalue weighted by atomic mass is 35.5. The van der Waals surface area contributed by atoms with Gasteiger partial charge in [0, 0.05) is 45.2 Å². The molecule has 0 unspecified atom stereocenters. The molecule has 0 aromatic heterocycles. The smallest absolute Gasteiger partial charge is 0.340 e. The molecule has 0 spiro atoms. The molecule has 2 rings (SSSR count). The van der Waals surface area contributed by atoms with Crippen molar-refractivity contribution in [2.24, 2.45) is 0 Å². The molecular weight excluding hydrogens is 419 g/mol. The Labute approximate surface area is 167 Å². The van der Waals surface area contributed by atoms with Crippen molar-refractivity contribution < 1.29 is 26.4 Å². The van der Waals surface area contributed by atoms with Gasteiger partial charge in [-0.25, -0.2) is 13.1 Å². The number of nitrogens with one attached hydrogen (secondary N) is 1. The number of benzene rings is 1. The monoisotopic (exact) mass is 441 g/mol. The summed E-state index contributed by atoms with van der Waals surface area (Å²) in [5.41, 5.74) is -1.23. The largest absolute Gasteiger partial charge is 0.417 e. The zero-order valence-electron chi connectivity index (χ0n) is 15.6. The zero-order valence-corrected chi connectivity index (χ0v) is 17.2. The second-order valence-corrected chi connectivity index (χ2v) is 8.97. The van der Waals surface area contributed by atoms with Crippen LogP contribution in [0.15, 0.2) is 23.1 Å². The number of alkyl halides is 3. The minimum atomic E-state index is -4.77. The summed E-state index contributed by atoms with van der Waals surface area (Å²) in [6, 6.07) is 2.76. The Morgan fingerprint density at radius 2 is 1.82 bits per heavy atom. The quantitative estimate of drug-likeness (QED) is 0.736. The molecular formula is C17H23ClF3N3O3S. The van der Waals surface area contributed by atoms with Gasteiger partial charge in [0.25, 0.3) is 0 Å². The number of nitrogens with zero attached hydrogens (tertiary/aromatic N) is 2. The molecule has 1 aromatic rings. The molecule has 1 aliphatic rings. The number of hydrogen-bond donors (Lipinski definition) is 1. The number of rotatable bonds is 6. The van der Waals surface area contributed by atoms with Crippen LogP contribution in [0.3, 0.4) is 0 Å². The Balaban J connectivity index is 1.93. The van der Waals surface area contributed by atoms with Gasteiger partial charge in [-0.05, 0) is 32.0 Å². The van der Waals surface area contributed by atoms with Crippen LogP contribution in [0.25, 0.3) is 0 Å². The molecule has 11 heteroatoms. The molecule has 1 amide bonds. The van der Waals surface area contributed by atoms with E-state index in [0.29, 0.717) is 25.2 Å². The lowest BCUT2D eigenvalue weighted by atomic mass is 10.2. The van der Waals surface area contributed by atoms with Gasteiger partial charge in [-0.3, -0.25) is 9.69 Å². The van der Waals surface area contributed by atoms with Gasteiger partial charge in [0.2, 0.25) is 15.9 Å². The van der Waals surface area contributed by atoms with Gasteiger partial charge in [0.15, 0.2) is 0 Å². The van der Waals surface area contributed by atoms with E-state index in [9.17, 15) is 26.4 Å². The summed E-state index contributed by atoms with van der Waals surface area (Å²) in [5.74, 6) is -0.196. The van der Waals surface area contributed by atoms with Gasteiger partial charge in [0.1, 0.15) is 0 Å². The van der Waals surface area contributed by atoms with E-state index in [0.717, 1.165) is 25.2 Å². The summed E-state index contributed by atoms with van der Waals surface area (Å²) >= 11 is 5.50. The highest BCUT2D eigenvalue weighted by molar-refractivity contribution is 7.89. The molecule has 1 fully saturated rings. The maximum absolute atomic E-state index is 12.9. The number of sulfonamides is 1. The highest BCUT2D eigenvalue weighted by Crippen LogP contribution is 2.35. The van der Waals surface area contributed by atoms with Crippen LogP contribution in [0, 0.1) is 0 Å². The van der Waals surface area contributed by atoms with Crippen molar-refractivity contribution >= 4 is 27.5 Å². The topological polar surface area (TPSA) is 69.7 Å². The highest BCUT2D eigenvalue weighted by Gasteiger charge is 2.34. The Morgan fingerprint density at radius 1 is 1.21 bits per heavy atom. The molecule has 0 atom stereocenters. The first-order valence-corrected chi connectivity index (χ1v) is 10.7. The zero-order chi connectivity index (χ0) is 21.1. The first kappa shape index (κ1) is 22.9. The first-order valence-electron chi connectivity index (χ1n) is 8.80. The van der Waals surface area contributed by atoms with Crippen LogP contribution in [0.4, 0.5) is 13.2 Å². The van der Waals surface area contributed by atoms with Crippen LogP contribution >= 0.6 is 11.6 Å². The summed E-state index contributed by atoms with van der Waals surface area (Å²) in [4.78, 5) is 15.6. The molecule has 1 N–H and O–H groups in total. The lowest BCUT2D eigenvalue weighted by molar-refractivity contribution is -0.137. The molecule has 6 nitrogen and oxygen atoms in total. The van der Waals surface area contributed by atoms with Crippen molar-refractivity contribution in [2.45, 2.75) is 37.4 Å². The molecule has 0 bridgehead atoms. The third-order valence-corrected chi connectivity index (χ3v) is 6.37. The van der Waals surface area contributed by atoms with E-state index in [-0.39, 0.29) is 18.9 Å². The van der Waals surface area contributed by atoms with E-state index in [4.69, 9.17) is 11.6 Å². The van der Waals surface area contributed by atoms with E-state index in [2.05, 4.69) is 23.5 Å². The number of amides is 1. The Morgan fingerprint density at radius 3 is 2.36 bits per heavy atom. The summed E-state index contributed by atoms with van der Waals surface area (Å²) in [6.07, 6.45) is -4.84. The lowest BCUT2D eigenvalue weighted by Gasteiger charge is -2.37. The number of hydrogen-bond acceptors (Lipinski definition) is 4. The molecule has 0 aliphatic carbocycles. The van der Waals surface area contributed by atoms with Crippen molar-refractivity contribution in [1.29, 1.82) is 0 Å². The predicted octanol–water partition coefficient (Wildman–Crippen LogP) is 2.58. The van der Waals surface area contributed by atoms with Crippen LogP contribution in [0.1, 0.15) is 25.8 Å². The summed E-state index contributed by atoms with van der Waals surface area (Å²) in [7, 11) is -4.19. The number of carbonyl (C=O) groups is 1. The Kier molecular flexibility index (Phi) is 7.35. The Hall–Kier alpha value is -1.36. The molecule has 28 heavy (non-hydrogen) atoms. The van der Waals surface area contributed by atoms with Crippen LogP contribution < -0.4 is 4.72 Å². The van der Waals surface area contributed by atoms with Gasteiger partial charge in [-0.2, -0.15) is 13.2 Å². The molecule has 1 heterocycles. The minimum Gasteiger partial charge on any atom is -0.340 e. The lowest BCUT2D eigenvalue weighted by Crippen LogP contribution is -2.51. The van der Waals surface area contributed by atoms with Gasteiger partial charge in [-0.15, -0.1) is 0 Å². The maximum Gasteiger partial charge on any atom is 0.417 e. The molecule has 1 aromatic carbocycles. The Bertz CT molecular complexity index is 808. The van der Waals surface area contributed by atoms with Crippen molar-refractivity contribution in [1.82, 2.24) is 14.5 Å². The average molecular weight is 442 g/mol. The van der Waals surface area contributed by atoms with Crippen LogP contribution in [0.2, 0.25) is 5.02 Å². The van der Waals surface area contributed by atoms with Crippen LogP contribution in [-0.4, -0.2) is 62.9 Å². The fraction of sp³-hybridized carbons (Fsp3) is 0.588. The third kappa shape index (κ3) is 5.82. The standard InChI is InChI=1S/C17H23ClF3N3O3S/c1-12(2)23-7-9-24(10-8-23)16(25)5-6-22-28(26,27)13-3-4-15(18)14(11-13)17(19,20)21/h3-4,11-12,22H,5-10H2,1-2H3. The molecule has 158 valence electrons. The van der Waals surface area contributed by atoms with Gasteiger partial charge < -0.3 is 4.90 Å². The van der Waals surface area contributed by atoms with Crippen molar-refractivity contribution in [3.63, 3.8) is 0 Å². The maximum atomic E-state index is 12.9. The minimum absolute atomic E-state index is 0.0688. The molecule has 1 saturated heterocycles. The number of halogens is 4. The van der Waals surface area contributed by atoms with Gasteiger partial charge >= 0.3 is 6.18 Å². The normalized spacial score (nSPS) is 16.6. The van der Waals surface area contributed by atoms with Crippen LogP contribution in [-0.2, 0) is 21.0 Å². The third-order valence-electron chi connectivity index (χ3n) is 4.58. The van der Waals surface area contributed by atoms with Crippen LogP contribution in [0.5, 0.6) is 0 Å². The molecule has 0 saturated carbocycles. The average Bonchev–Trinajstić information content (AvgIpc) is 2.60. The number of piperazine rings is 1. The fourth-order valence-electron chi connectivity index (χ4n) is 2.91. The fourth-order valence-corrected chi connectivity index (χ4v) is 4.19. The first-order chi connectivity index (χ1) is 12.9. The van der Waals surface area contributed by atoms with E-state index in [1.165, 1.54) is 0 Å². The second-order valence-electron chi connectivity index (χ2n) is 6.80. The van der Waals surface area contributed by atoms with E-state index in [1.807, 2.05) is 0 Å². The summed E-state index contributed by atoms with van der Waals surface area (Å²) in [6.45, 7) is 6.59. The predicted molar refractivity (Wildman–Crippen MR) is 99.5 cm³/mol. The summed E-state index contributed by atoms with van der Waals surface area (Å²) in [5, 5.41) is -0.581. The van der Waals surface area contributed by atoms with E-state index >= 15 is 0 Å². The molecule has 0 radical (unpaired) electrons. The van der Waals surface area contributed by atoms with Gasteiger partial charge in [0.05, 0.1) is 15.5 Å². The summed E-state index contributed by atoms with van der Waals surface area (Å²) < 4.78 is 65.4. The van der Waals surface area contributed by atoms with E-state index < -0.39 is 31.7 Å². The van der Waals surface area contributed by atoms with Crippen molar-refractivity contribution in [3.05, 3.63) is 28.8 Å². The van der Waals surface area contributed by atoms with Crippen molar-refractivity contribution in [2.75, 3.05) is 32.7 Å².